The van der Waals surface area contributed by atoms with Crippen molar-refractivity contribution in [1.29, 1.82) is 0 Å². The maximum atomic E-state index is 6.06. The van der Waals surface area contributed by atoms with Crippen molar-refractivity contribution in [2.24, 2.45) is 5.73 Å². The molecule has 1 heterocycles. The molecule has 0 bridgehead atoms. The largest absolute Gasteiger partial charge is 0.467 e. The van der Waals surface area contributed by atoms with Crippen LogP contribution < -0.4 is 5.73 Å². The maximum absolute atomic E-state index is 6.06. The molecule has 2 rings (SSSR count). The zero-order valence-electron chi connectivity index (χ0n) is 8.81. The number of rotatable bonds is 3. The number of hydrogen-bond donors (Lipinski definition) is 1. The highest BCUT2D eigenvalue weighted by atomic mass is 16.3. The van der Waals surface area contributed by atoms with Crippen LogP contribution in [0, 0.1) is 0 Å². The van der Waals surface area contributed by atoms with Crippen molar-refractivity contribution in [2.75, 3.05) is 0 Å². The van der Waals surface area contributed by atoms with E-state index in [4.69, 9.17) is 10.2 Å². The Balaban J connectivity index is 2.22. The van der Waals surface area contributed by atoms with E-state index in [9.17, 15) is 0 Å². The summed E-state index contributed by atoms with van der Waals surface area (Å²) in [5.41, 5.74) is 8.47. The average molecular weight is 201 g/mol. The van der Waals surface area contributed by atoms with Crippen LogP contribution in [0.5, 0.6) is 0 Å². The highest BCUT2D eigenvalue weighted by molar-refractivity contribution is 5.29. The van der Waals surface area contributed by atoms with E-state index in [0.29, 0.717) is 0 Å². The number of aryl methyl sites for hydroxylation is 1. The summed E-state index contributed by atoms with van der Waals surface area (Å²) in [6, 6.07) is 11.9. The van der Waals surface area contributed by atoms with Crippen LogP contribution in [0.2, 0.25) is 0 Å². The molecule has 15 heavy (non-hydrogen) atoms. The minimum atomic E-state index is -0.161. The van der Waals surface area contributed by atoms with Crippen molar-refractivity contribution in [1.82, 2.24) is 0 Å². The number of hydrogen-bond acceptors (Lipinski definition) is 2. The van der Waals surface area contributed by atoms with E-state index in [-0.39, 0.29) is 6.04 Å². The molecular weight excluding hydrogens is 186 g/mol. The standard InChI is InChI=1S/C13H15NO/c1-2-10-5-7-11(8-6-10)13(14)12-4-3-9-15-12/h3-9,13H,2,14H2,1H3. The smallest absolute Gasteiger partial charge is 0.124 e. The Hall–Kier alpha value is -1.54. The van der Waals surface area contributed by atoms with Crippen LogP contribution in [-0.2, 0) is 6.42 Å². The zero-order valence-corrected chi connectivity index (χ0v) is 8.81. The summed E-state index contributed by atoms with van der Waals surface area (Å²) in [5, 5.41) is 0. The molecule has 0 radical (unpaired) electrons. The molecule has 0 saturated carbocycles. The molecule has 1 aromatic heterocycles. The highest BCUT2D eigenvalue weighted by Gasteiger charge is 2.10. The van der Waals surface area contributed by atoms with E-state index in [0.717, 1.165) is 17.7 Å². The lowest BCUT2D eigenvalue weighted by Gasteiger charge is -2.09. The van der Waals surface area contributed by atoms with E-state index in [1.165, 1.54) is 5.56 Å². The summed E-state index contributed by atoms with van der Waals surface area (Å²) >= 11 is 0. The van der Waals surface area contributed by atoms with Crippen LogP contribution in [0.4, 0.5) is 0 Å². The molecule has 2 heteroatoms. The van der Waals surface area contributed by atoms with E-state index in [1.54, 1.807) is 6.26 Å². The second-order valence-electron chi connectivity index (χ2n) is 3.59. The number of benzene rings is 1. The van der Waals surface area contributed by atoms with Crippen molar-refractivity contribution < 1.29 is 4.42 Å². The van der Waals surface area contributed by atoms with E-state index in [2.05, 4.69) is 31.2 Å². The van der Waals surface area contributed by atoms with Crippen LogP contribution in [0.3, 0.4) is 0 Å². The van der Waals surface area contributed by atoms with Crippen molar-refractivity contribution in [2.45, 2.75) is 19.4 Å². The van der Waals surface area contributed by atoms with Gasteiger partial charge >= 0.3 is 0 Å². The first-order valence-corrected chi connectivity index (χ1v) is 5.19. The first-order valence-electron chi connectivity index (χ1n) is 5.19. The molecular formula is C13H15NO. The van der Waals surface area contributed by atoms with Gasteiger partial charge in [-0.05, 0) is 29.7 Å². The SMILES string of the molecule is CCc1ccc(C(N)c2ccco2)cc1. The molecule has 0 aliphatic carbocycles. The van der Waals surface area contributed by atoms with Gasteiger partial charge in [0.15, 0.2) is 0 Å². The van der Waals surface area contributed by atoms with Gasteiger partial charge in [0.1, 0.15) is 5.76 Å². The molecule has 0 aliphatic rings. The van der Waals surface area contributed by atoms with Gasteiger partial charge in [0.25, 0.3) is 0 Å². The number of furan rings is 1. The summed E-state index contributed by atoms with van der Waals surface area (Å²) in [6.45, 7) is 2.14. The first kappa shape index (κ1) is 9.99. The monoisotopic (exact) mass is 201 g/mol. The van der Waals surface area contributed by atoms with Crippen LogP contribution in [-0.4, -0.2) is 0 Å². The topological polar surface area (TPSA) is 39.2 Å². The molecule has 2 N–H and O–H groups in total. The molecule has 78 valence electrons. The minimum Gasteiger partial charge on any atom is -0.467 e. The quantitative estimate of drug-likeness (QED) is 0.829. The van der Waals surface area contributed by atoms with Crippen molar-refractivity contribution >= 4 is 0 Å². The van der Waals surface area contributed by atoms with E-state index < -0.39 is 0 Å². The predicted molar refractivity (Wildman–Crippen MR) is 60.6 cm³/mol. The Bertz CT molecular complexity index is 403. The molecule has 1 atom stereocenters. The van der Waals surface area contributed by atoms with Gasteiger partial charge in [-0.15, -0.1) is 0 Å². The molecule has 0 saturated heterocycles. The van der Waals surface area contributed by atoms with E-state index in [1.807, 2.05) is 12.1 Å². The second-order valence-corrected chi connectivity index (χ2v) is 3.59. The van der Waals surface area contributed by atoms with E-state index >= 15 is 0 Å². The number of nitrogens with two attached hydrogens (primary N) is 1. The van der Waals surface area contributed by atoms with Crippen LogP contribution >= 0.6 is 0 Å². The second kappa shape index (κ2) is 4.32. The zero-order chi connectivity index (χ0) is 10.7. The van der Waals surface area contributed by atoms with Gasteiger partial charge in [0, 0.05) is 0 Å². The predicted octanol–water partition coefficient (Wildman–Crippen LogP) is 2.89. The van der Waals surface area contributed by atoms with Gasteiger partial charge in [-0.25, -0.2) is 0 Å². The summed E-state index contributed by atoms with van der Waals surface area (Å²) in [7, 11) is 0. The van der Waals surface area contributed by atoms with Gasteiger partial charge in [0.05, 0.1) is 12.3 Å². The van der Waals surface area contributed by atoms with Crippen LogP contribution in [0.1, 0.15) is 29.9 Å². The summed E-state index contributed by atoms with van der Waals surface area (Å²) in [5.74, 6) is 0.805. The summed E-state index contributed by atoms with van der Waals surface area (Å²) in [4.78, 5) is 0. The Morgan fingerprint density at radius 3 is 2.47 bits per heavy atom. The third-order valence-corrected chi connectivity index (χ3v) is 2.60. The van der Waals surface area contributed by atoms with Gasteiger partial charge in [-0.1, -0.05) is 31.2 Å². The molecule has 0 spiro atoms. The molecule has 0 aliphatic heterocycles. The van der Waals surface area contributed by atoms with Crippen LogP contribution in [0.15, 0.2) is 47.1 Å². The van der Waals surface area contributed by atoms with Crippen molar-refractivity contribution in [3.8, 4) is 0 Å². The fourth-order valence-electron chi connectivity index (χ4n) is 1.59. The minimum absolute atomic E-state index is 0.161. The van der Waals surface area contributed by atoms with Gasteiger partial charge < -0.3 is 10.2 Å². The third kappa shape index (κ3) is 2.10. The Labute approximate surface area is 89.7 Å². The Kier molecular flexibility index (Phi) is 2.88. The third-order valence-electron chi connectivity index (χ3n) is 2.60. The highest BCUT2D eigenvalue weighted by Crippen LogP contribution is 2.20. The van der Waals surface area contributed by atoms with Crippen LogP contribution in [0.25, 0.3) is 0 Å². The van der Waals surface area contributed by atoms with Gasteiger partial charge in [-0.2, -0.15) is 0 Å². The molecule has 1 aromatic carbocycles. The molecule has 1 unspecified atom stereocenters. The first-order chi connectivity index (χ1) is 7.31. The van der Waals surface area contributed by atoms with Gasteiger partial charge in [-0.3, -0.25) is 0 Å². The lowest BCUT2D eigenvalue weighted by Crippen LogP contribution is -2.10. The molecule has 2 nitrogen and oxygen atoms in total. The lowest BCUT2D eigenvalue weighted by molar-refractivity contribution is 0.490. The Morgan fingerprint density at radius 2 is 1.93 bits per heavy atom. The van der Waals surface area contributed by atoms with Crippen molar-refractivity contribution in [3.05, 3.63) is 59.5 Å². The normalized spacial score (nSPS) is 12.7. The molecule has 0 amide bonds. The van der Waals surface area contributed by atoms with Crippen molar-refractivity contribution in [3.63, 3.8) is 0 Å². The summed E-state index contributed by atoms with van der Waals surface area (Å²) < 4.78 is 5.28. The molecule has 2 aromatic rings. The fourth-order valence-corrected chi connectivity index (χ4v) is 1.59. The maximum Gasteiger partial charge on any atom is 0.124 e. The average Bonchev–Trinajstić information content (AvgIpc) is 2.82. The van der Waals surface area contributed by atoms with Gasteiger partial charge in [0.2, 0.25) is 0 Å². The Morgan fingerprint density at radius 1 is 1.20 bits per heavy atom. The fraction of sp³-hybridized carbons (Fsp3) is 0.231. The molecule has 0 fully saturated rings. The summed E-state index contributed by atoms with van der Waals surface area (Å²) in [6.07, 6.45) is 2.70. The lowest BCUT2D eigenvalue weighted by atomic mass is 10.0.